The Hall–Kier alpha value is -2.09. The van der Waals surface area contributed by atoms with Crippen LogP contribution in [0.1, 0.15) is 30.5 Å². The highest BCUT2D eigenvalue weighted by atomic mass is 16.1. The minimum atomic E-state index is -0.0696. The Bertz CT molecular complexity index is 454. The Labute approximate surface area is 108 Å². The Morgan fingerprint density at radius 3 is 1.78 bits per heavy atom. The molecule has 2 aromatic rings. The Morgan fingerprint density at radius 1 is 0.944 bits per heavy atom. The van der Waals surface area contributed by atoms with Gasteiger partial charge in [0.1, 0.15) is 0 Å². The minimum Gasteiger partial charge on any atom is -0.345 e. The molecule has 2 heteroatoms. The van der Waals surface area contributed by atoms with Crippen molar-refractivity contribution in [1.29, 1.82) is 0 Å². The lowest BCUT2D eigenvalue weighted by Crippen LogP contribution is -2.28. The largest absolute Gasteiger partial charge is 0.345 e. The standard InChI is InChI=1S/C16H17NO/c1-2-15(18)17-16(13-9-5-3-6-10-13)14-11-7-4-8-12-14/h3-12,16H,2H2,1H3,(H,17,18). The van der Waals surface area contributed by atoms with Crippen LogP contribution in [-0.2, 0) is 4.79 Å². The second-order valence-electron chi connectivity index (χ2n) is 4.18. The second kappa shape index (κ2) is 6.01. The van der Waals surface area contributed by atoms with Crippen LogP contribution >= 0.6 is 0 Å². The molecule has 0 aromatic heterocycles. The average molecular weight is 239 g/mol. The molecule has 2 nitrogen and oxygen atoms in total. The zero-order chi connectivity index (χ0) is 12.8. The predicted molar refractivity (Wildman–Crippen MR) is 73.2 cm³/mol. The van der Waals surface area contributed by atoms with Gasteiger partial charge in [0.2, 0.25) is 5.91 Å². The molecule has 2 aromatic carbocycles. The van der Waals surface area contributed by atoms with E-state index >= 15 is 0 Å². The van der Waals surface area contributed by atoms with Gasteiger partial charge in [0.15, 0.2) is 0 Å². The van der Waals surface area contributed by atoms with Gasteiger partial charge in [0.05, 0.1) is 6.04 Å². The number of carbonyl (C=O) groups excluding carboxylic acids is 1. The third kappa shape index (κ3) is 2.98. The third-order valence-electron chi connectivity index (χ3n) is 2.89. The summed E-state index contributed by atoms with van der Waals surface area (Å²) < 4.78 is 0. The molecule has 0 heterocycles. The summed E-state index contributed by atoms with van der Waals surface area (Å²) in [6.07, 6.45) is 0.496. The van der Waals surface area contributed by atoms with Crippen molar-refractivity contribution in [3.8, 4) is 0 Å². The quantitative estimate of drug-likeness (QED) is 0.871. The lowest BCUT2D eigenvalue weighted by atomic mass is 9.98. The molecular weight excluding hydrogens is 222 g/mol. The molecule has 0 saturated carbocycles. The zero-order valence-corrected chi connectivity index (χ0v) is 10.5. The molecule has 0 aliphatic heterocycles. The lowest BCUT2D eigenvalue weighted by Gasteiger charge is -2.19. The topological polar surface area (TPSA) is 29.1 Å². The molecular formula is C16H17NO. The SMILES string of the molecule is CCC(=O)NC(c1ccccc1)c1ccccc1. The number of benzene rings is 2. The zero-order valence-electron chi connectivity index (χ0n) is 10.5. The van der Waals surface area contributed by atoms with Crippen LogP contribution in [0.2, 0.25) is 0 Å². The fourth-order valence-corrected chi connectivity index (χ4v) is 1.91. The highest BCUT2D eigenvalue weighted by Gasteiger charge is 2.15. The first-order valence-corrected chi connectivity index (χ1v) is 6.20. The van der Waals surface area contributed by atoms with Gasteiger partial charge in [-0.05, 0) is 11.1 Å². The number of hydrogen-bond acceptors (Lipinski definition) is 1. The van der Waals surface area contributed by atoms with E-state index in [9.17, 15) is 4.79 Å². The first kappa shape index (κ1) is 12.4. The van der Waals surface area contributed by atoms with Crippen molar-refractivity contribution in [2.45, 2.75) is 19.4 Å². The van der Waals surface area contributed by atoms with Crippen molar-refractivity contribution in [3.05, 3.63) is 71.8 Å². The molecule has 0 radical (unpaired) electrons. The first-order valence-electron chi connectivity index (χ1n) is 6.20. The molecule has 0 aliphatic rings. The molecule has 0 saturated heterocycles. The van der Waals surface area contributed by atoms with E-state index in [-0.39, 0.29) is 11.9 Å². The summed E-state index contributed by atoms with van der Waals surface area (Å²) in [6.45, 7) is 1.86. The summed E-state index contributed by atoms with van der Waals surface area (Å²) in [4.78, 5) is 11.7. The van der Waals surface area contributed by atoms with Crippen molar-refractivity contribution in [2.24, 2.45) is 0 Å². The van der Waals surface area contributed by atoms with Gasteiger partial charge in [-0.25, -0.2) is 0 Å². The molecule has 92 valence electrons. The Morgan fingerprint density at radius 2 is 1.39 bits per heavy atom. The van der Waals surface area contributed by atoms with Crippen molar-refractivity contribution in [1.82, 2.24) is 5.32 Å². The van der Waals surface area contributed by atoms with Gasteiger partial charge in [-0.3, -0.25) is 4.79 Å². The van der Waals surface area contributed by atoms with Crippen molar-refractivity contribution >= 4 is 5.91 Å². The van der Waals surface area contributed by atoms with E-state index in [2.05, 4.69) is 5.32 Å². The van der Waals surface area contributed by atoms with Crippen LogP contribution < -0.4 is 5.32 Å². The maximum Gasteiger partial charge on any atom is 0.220 e. The average Bonchev–Trinajstić information content (AvgIpc) is 2.46. The second-order valence-corrected chi connectivity index (χ2v) is 4.18. The molecule has 1 N–H and O–H groups in total. The van der Waals surface area contributed by atoms with Crippen LogP contribution in [-0.4, -0.2) is 5.91 Å². The highest BCUT2D eigenvalue weighted by molar-refractivity contribution is 5.76. The predicted octanol–water partition coefficient (Wildman–Crippen LogP) is 3.30. The molecule has 0 spiro atoms. The van der Waals surface area contributed by atoms with Crippen molar-refractivity contribution in [3.63, 3.8) is 0 Å². The van der Waals surface area contributed by atoms with Crippen LogP contribution in [0.3, 0.4) is 0 Å². The number of hydrogen-bond donors (Lipinski definition) is 1. The molecule has 0 atom stereocenters. The summed E-state index contributed by atoms with van der Waals surface area (Å²) >= 11 is 0. The molecule has 0 bridgehead atoms. The monoisotopic (exact) mass is 239 g/mol. The van der Waals surface area contributed by atoms with Crippen LogP contribution in [0.4, 0.5) is 0 Å². The summed E-state index contributed by atoms with van der Waals surface area (Å²) in [7, 11) is 0. The van der Waals surface area contributed by atoms with Crippen molar-refractivity contribution < 1.29 is 4.79 Å². The van der Waals surface area contributed by atoms with Gasteiger partial charge in [0.25, 0.3) is 0 Å². The van der Waals surface area contributed by atoms with Crippen LogP contribution in [0.5, 0.6) is 0 Å². The van der Waals surface area contributed by atoms with Gasteiger partial charge in [0, 0.05) is 6.42 Å². The molecule has 1 amide bonds. The Balaban J connectivity index is 2.32. The van der Waals surface area contributed by atoms with Crippen LogP contribution in [0.25, 0.3) is 0 Å². The van der Waals surface area contributed by atoms with E-state index < -0.39 is 0 Å². The number of rotatable bonds is 4. The molecule has 0 aliphatic carbocycles. The Kier molecular flexibility index (Phi) is 4.13. The van der Waals surface area contributed by atoms with Gasteiger partial charge in [-0.15, -0.1) is 0 Å². The lowest BCUT2D eigenvalue weighted by molar-refractivity contribution is -0.121. The fraction of sp³-hybridized carbons (Fsp3) is 0.188. The minimum absolute atomic E-state index is 0.0627. The molecule has 0 fully saturated rings. The molecule has 18 heavy (non-hydrogen) atoms. The van der Waals surface area contributed by atoms with E-state index in [0.717, 1.165) is 11.1 Å². The highest BCUT2D eigenvalue weighted by Crippen LogP contribution is 2.21. The summed E-state index contributed by atoms with van der Waals surface area (Å²) in [6, 6.07) is 20.0. The maximum atomic E-state index is 11.7. The van der Waals surface area contributed by atoms with Crippen LogP contribution in [0, 0.1) is 0 Å². The van der Waals surface area contributed by atoms with E-state index in [1.165, 1.54) is 0 Å². The molecule has 2 rings (SSSR count). The van der Waals surface area contributed by atoms with E-state index in [1.54, 1.807) is 0 Å². The number of carbonyl (C=O) groups is 1. The third-order valence-corrected chi connectivity index (χ3v) is 2.89. The smallest absolute Gasteiger partial charge is 0.220 e. The van der Waals surface area contributed by atoms with E-state index in [4.69, 9.17) is 0 Å². The maximum absolute atomic E-state index is 11.7. The summed E-state index contributed by atoms with van der Waals surface area (Å²) in [5.41, 5.74) is 2.20. The van der Waals surface area contributed by atoms with Crippen molar-refractivity contribution in [2.75, 3.05) is 0 Å². The van der Waals surface area contributed by atoms with Gasteiger partial charge in [-0.1, -0.05) is 67.6 Å². The van der Waals surface area contributed by atoms with Gasteiger partial charge < -0.3 is 5.32 Å². The summed E-state index contributed by atoms with van der Waals surface area (Å²) in [5.74, 6) is 0.0627. The van der Waals surface area contributed by atoms with E-state index in [0.29, 0.717) is 6.42 Å². The first-order chi connectivity index (χ1) is 8.81. The van der Waals surface area contributed by atoms with Gasteiger partial charge in [-0.2, -0.15) is 0 Å². The number of nitrogens with one attached hydrogen (secondary N) is 1. The van der Waals surface area contributed by atoms with E-state index in [1.807, 2.05) is 67.6 Å². The molecule has 0 unspecified atom stereocenters. The van der Waals surface area contributed by atoms with Crippen LogP contribution in [0.15, 0.2) is 60.7 Å². The fourth-order valence-electron chi connectivity index (χ4n) is 1.91. The summed E-state index contributed by atoms with van der Waals surface area (Å²) in [5, 5.41) is 3.06. The van der Waals surface area contributed by atoms with Gasteiger partial charge >= 0.3 is 0 Å². The normalized spacial score (nSPS) is 10.3. The number of amides is 1.